The first kappa shape index (κ1) is 12.5. The van der Waals surface area contributed by atoms with Gasteiger partial charge in [-0.05, 0) is 65.2 Å². The van der Waals surface area contributed by atoms with Gasteiger partial charge in [-0.25, -0.2) is 0 Å². The smallest absolute Gasteiger partial charge is 0.0711 e. The summed E-state index contributed by atoms with van der Waals surface area (Å²) < 4.78 is 5.23. The largest absolute Gasteiger partial charge is 0.128 e. The summed E-state index contributed by atoms with van der Waals surface area (Å²) in [5.41, 5.74) is 0. The number of thiophene rings is 2. The highest BCUT2D eigenvalue weighted by molar-refractivity contribution is 9.11. The molecule has 22 heavy (non-hydrogen) atoms. The van der Waals surface area contributed by atoms with Crippen LogP contribution in [0.2, 0.25) is 0 Å². The van der Waals surface area contributed by atoms with Crippen LogP contribution >= 0.6 is 54.5 Å². The number of benzene rings is 2. The lowest BCUT2D eigenvalue weighted by molar-refractivity contribution is 1.59. The zero-order chi connectivity index (χ0) is 14.6. The van der Waals surface area contributed by atoms with Crippen molar-refractivity contribution in [2.45, 2.75) is 0 Å². The van der Waals surface area contributed by atoms with E-state index in [1.807, 2.05) is 22.7 Å². The number of halogens is 2. The maximum absolute atomic E-state index is 3.64. The van der Waals surface area contributed by atoms with Crippen molar-refractivity contribution in [1.82, 2.24) is 0 Å². The molecule has 4 aromatic rings. The van der Waals surface area contributed by atoms with E-state index in [4.69, 9.17) is 0 Å². The normalized spacial score (nSPS) is 13.0. The van der Waals surface area contributed by atoms with Gasteiger partial charge < -0.3 is 0 Å². The van der Waals surface area contributed by atoms with Gasteiger partial charge in [0.15, 0.2) is 0 Å². The van der Waals surface area contributed by atoms with Crippen LogP contribution in [-0.2, 0) is 0 Å². The van der Waals surface area contributed by atoms with Gasteiger partial charge in [0.2, 0.25) is 0 Å². The minimum Gasteiger partial charge on any atom is -0.128 e. The van der Waals surface area contributed by atoms with E-state index in [1.54, 1.807) is 0 Å². The maximum Gasteiger partial charge on any atom is 0.0711 e. The van der Waals surface area contributed by atoms with Gasteiger partial charge in [0.1, 0.15) is 0 Å². The zero-order valence-electron chi connectivity index (χ0n) is 11.0. The highest BCUT2D eigenvalue weighted by atomic mass is 79.9. The molecule has 0 atom stereocenters. The van der Waals surface area contributed by atoms with Crippen molar-refractivity contribution >= 4 is 65.3 Å². The summed E-state index contributed by atoms with van der Waals surface area (Å²) in [5, 5.41) is 11.2. The average Bonchev–Trinajstić information content (AvgIpc) is 3.19. The molecule has 2 heterocycles. The van der Waals surface area contributed by atoms with Crippen molar-refractivity contribution in [3.8, 4) is 0 Å². The summed E-state index contributed by atoms with van der Waals surface area (Å²) in [6.45, 7) is 0. The minimum atomic E-state index is 1.21. The summed E-state index contributed by atoms with van der Waals surface area (Å²) >= 11 is 11.0. The Hall–Kier alpha value is -0.940. The Morgan fingerprint density at radius 3 is 1.41 bits per heavy atom. The van der Waals surface area contributed by atoms with Crippen molar-refractivity contribution in [3.05, 3.63) is 84.3 Å². The van der Waals surface area contributed by atoms with Crippen LogP contribution in [0.5, 0.6) is 0 Å². The Labute approximate surface area is 148 Å². The van der Waals surface area contributed by atoms with Crippen molar-refractivity contribution in [2.24, 2.45) is 0 Å². The standard InChI is InChI=1S/C18H6Br2S2/c19-13-5-11-7-1-3-9-16-8(12-6-14(20)21-17(9)12)2-4-10(15(7)16)18(11)22-13/h1-6H. The number of rotatable bonds is 0. The lowest BCUT2D eigenvalue weighted by atomic mass is 10.1. The first-order valence-corrected chi connectivity index (χ1v) is 10.1. The lowest BCUT2D eigenvalue weighted by Crippen LogP contribution is -1.79. The summed E-state index contributed by atoms with van der Waals surface area (Å²) in [6.07, 6.45) is 0. The predicted octanol–water partition coefficient (Wildman–Crippen LogP) is 6.26. The summed E-state index contributed by atoms with van der Waals surface area (Å²) in [5.74, 6) is 0. The predicted molar refractivity (Wildman–Crippen MR) is 98.7 cm³/mol. The molecule has 4 heteroatoms. The molecule has 0 amide bonds. The van der Waals surface area contributed by atoms with Gasteiger partial charge in [-0.15, -0.1) is 22.7 Å². The molecule has 0 aliphatic heterocycles. The van der Waals surface area contributed by atoms with E-state index in [-0.39, 0.29) is 0 Å². The van der Waals surface area contributed by atoms with Gasteiger partial charge in [-0.1, -0.05) is 24.3 Å². The fourth-order valence-electron chi connectivity index (χ4n) is 3.85. The average molecular weight is 446 g/mol. The fraction of sp³-hybridized carbons (Fsp3) is 0. The molecule has 0 spiro atoms. The quantitative estimate of drug-likeness (QED) is 0.258. The Kier molecular flexibility index (Phi) is 2.23. The summed E-state index contributed by atoms with van der Waals surface area (Å²) in [6, 6.07) is 13.7. The van der Waals surface area contributed by atoms with Crippen molar-refractivity contribution in [3.63, 3.8) is 0 Å². The van der Waals surface area contributed by atoms with Crippen molar-refractivity contribution in [2.75, 3.05) is 0 Å². The van der Waals surface area contributed by atoms with Crippen LogP contribution in [0.15, 0.2) is 44.0 Å². The van der Waals surface area contributed by atoms with Crippen LogP contribution in [0.4, 0.5) is 0 Å². The number of hydrogen-bond acceptors (Lipinski definition) is 2. The first-order chi connectivity index (χ1) is 10.7. The molecular formula is C18H6Br2S2. The zero-order valence-corrected chi connectivity index (χ0v) is 15.8. The Morgan fingerprint density at radius 2 is 0.955 bits per heavy atom. The van der Waals surface area contributed by atoms with E-state index in [0.29, 0.717) is 0 Å². The van der Waals surface area contributed by atoms with Gasteiger partial charge in [0, 0.05) is 29.9 Å². The van der Waals surface area contributed by atoms with Crippen molar-refractivity contribution < 1.29 is 0 Å². The van der Waals surface area contributed by atoms with Crippen LogP contribution in [0.1, 0.15) is 0 Å². The number of hydrogen-bond donors (Lipinski definition) is 0. The van der Waals surface area contributed by atoms with E-state index in [0.717, 1.165) is 0 Å². The molecule has 6 rings (SSSR count). The molecule has 2 aliphatic carbocycles. The van der Waals surface area contributed by atoms with Gasteiger partial charge in [0.25, 0.3) is 0 Å². The highest BCUT2D eigenvalue weighted by Gasteiger charge is 2.14. The van der Waals surface area contributed by atoms with Crippen LogP contribution in [-0.4, -0.2) is 0 Å². The third kappa shape index (κ3) is 1.30. The molecule has 0 bridgehead atoms. The monoisotopic (exact) mass is 444 g/mol. The molecule has 0 radical (unpaired) electrons. The second-order valence-corrected chi connectivity index (χ2v) is 10.5. The Bertz CT molecular complexity index is 1310. The number of fused-ring (bicyclic) bond motifs is 2. The fourth-order valence-corrected chi connectivity index (χ4v) is 7.14. The van der Waals surface area contributed by atoms with Crippen molar-refractivity contribution in [1.29, 1.82) is 0 Å². The highest BCUT2D eigenvalue weighted by Crippen LogP contribution is 2.35. The molecule has 0 nitrogen and oxygen atoms in total. The first-order valence-electron chi connectivity index (χ1n) is 6.92. The molecular weight excluding hydrogens is 440 g/mol. The molecule has 0 fully saturated rings. The summed E-state index contributed by atoms with van der Waals surface area (Å²) in [4.78, 5) is 0. The molecule has 2 aromatic carbocycles. The van der Waals surface area contributed by atoms with Gasteiger partial charge in [-0.2, -0.15) is 0 Å². The van der Waals surface area contributed by atoms with Crippen LogP contribution in [0.25, 0.3) is 10.8 Å². The van der Waals surface area contributed by atoms with Crippen LogP contribution in [0, 0.1) is 40.4 Å². The third-order valence-electron chi connectivity index (χ3n) is 4.63. The molecule has 0 saturated carbocycles. The molecule has 104 valence electrons. The van der Waals surface area contributed by atoms with Crippen LogP contribution < -0.4 is 0 Å². The molecule has 0 N–H and O–H groups in total. The SMILES string of the molecule is Brc1cc2c(s1)=c1ccc3c4c(ccc=2c14)=c1sc(Br)cc1=3. The topological polar surface area (TPSA) is 0 Å². The lowest BCUT2D eigenvalue weighted by Gasteiger charge is -1.98. The van der Waals surface area contributed by atoms with Crippen LogP contribution in [0.3, 0.4) is 0 Å². The van der Waals surface area contributed by atoms with E-state index in [9.17, 15) is 0 Å². The molecule has 0 unspecified atom stereocenters. The molecule has 2 aliphatic rings. The Morgan fingerprint density at radius 1 is 0.545 bits per heavy atom. The van der Waals surface area contributed by atoms with E-state index >= 15 is 0 Å². The third-order valence-corrected chi connectivity index (χ3v) is 7.98. The second-order valence-electron chi connectivity index (χ2n) is 5.66. The van der Waals surface area contributed by atoms with Gasteiger partial charge >= 0.3 is 0 Å². The van der Waals surface area contributed by atoms with E-state index in [2.05, 4.69) is 68.3 Å². The minimum absolute atomic E-state index is 1.21. The van der Waals surface area contributed by atoms with E-state index in [1.165, 1.54) is 58.7 Å². The molecule has 0 saturated heterocycles. The Balaban J connectivity index is 2.15. The van der Waals surface area contributed by atoms with Gasteiger partial charge in [0.05, 0.1) is 7.57 Å². The second kappa shape index (κ2) is 3.93. The van der Waals surface area contributed by atoms with E-state index < -0.39 is 0 Å². The molecule has 2 aromatic heterocycles. The summed E-state index contributed by atoms with van der Waals surface area (Å²) in [7, 11) is 0. The maximum atomic E-state index is 3.64. The van der Waals surface area contributed by atoms with Gasteiger partial charge in [-0.3, -0.25) is 0 Å².